The molecule has 4 aromatic rings. The molecule has 160 valence electrons. The Kier molecular flexibility index (Phi) is 6.00. The van der Waals surface area contributed by atoms with Crippen LogP contribution in [0, 0.1) is 0 Å². The van der Waals surface area contributed by atoms with Crippen molar-refractivity contribution >= 4 is 35.1 Å². The lowest BCUT2D eigenvalue weighted by atomic mass is 10.2. The summed E-state index contributed by atoms with van der Waals surface area (Å²) in [4.78, 5) is 14.6. The van der Waals surface area contributed by atoms with Crippen LogP contribution in [0.1, 0.15) is 0 Å². The summed E-state index contributed by atoms with van der Waals surface area (Å²) >= 11 is 2.78. The van der Waals surface area contributed by atoms with Gasteiger partial charge in [-0.3, -0.25) is 4.79 Å². The summed E-state index contributed by atoms with van der Waals surface area (Å²) in [5.74, 6) is 1.67. The monoisotopic (exact) mass is 463 g/mol. The number of fused-ring (bicyclic) bond motifs is 1. The SMILES string of the molecule is O=C(CSc1nnc(-c2ccc3c(c2)OCO3)o1)Nc1ccccc1Sc1ccccc1. The van der Waals surface area contributed by atoms with Crippen LogP contribution in [0.5, 0.6) is 11.5 Å². The number of para-hydroxylation sites is 1. The average molecular weight is 464 g/mol. The highest BCUT2D eigenvalue weighted by molar-refractivity contribution is 8.00. The second kappa shape index (κ2) is 9.37. The lowest BCUT2D eigenvalue weighted by molar-refractivity contribution is -0.113. The second-order valence-electron chi connectivity index (χ2n) is 6.69. The smallest absolute Gasteiger partial charge is 0.277 e. The molecule has 0 spiro atoms. The Hall–Kier alpha value is -3.43. The van der Waals surface area contributed by atoms with Gasteiger partial charge in [-0.05, 0) is 42.5 Å². The number of nitrogens with one attached hydrogen (secondary N) is 1. The molecule has 0 saturated heterocycles. The van der Waals surface area contributed by atoms with E-state index >= 15 is 0 Å². The number of benzene rings is 3. The lowest BCUT2D eigenvalue weighted by Crippen LogP contribution is -2.14. The van der Waals surface area contributed by atoms with Crippen LogP contribution >= 0.6 is 23.5 Å². The van der Waals surface area contributed by atoms with E-state index < -0.39 is 0 Å². The van der Waals surface area contributed by atoms with Gasteiger partial charge >= 0.3 is 0 Å². The van der Waals surface area contributed by atoms with E-state index in [2.05, 4.69) is 15.5 Å². The van der Waals surface area contributed by atoms with Crippen LogP contribution in [-0.4, -0.2) is 28.7 Å². The summed E-state index contributed by atoms with van der Waals surface area (Å²) in [5, 5.41) is 11.4. The number of hydrogen-bond acceptors (Lipinski definition) is 8. The summed E-state index contributed by atoms with van der Waals surface area (Å²) in [6, 6.07) is 23.1. The largest absolute Gasteiger partial charge is 0.454 e. The number of anilines is 1. The Morgan fingerprint density at radius 3 is 2.66 bits per heavy atom. The number of thioether (sulfide) groups is 1. The van der Waals surface area contributed by atoms with Gasteiger partial charge in [-0.1, -0.05) is 53.9 Å². The van der Waals surface area contributed by atoms with Crippen molar-refractivity contribution in [2.24, 2.45) is 0 Å². The summed E-state index contributed by atoms with van der Waals surface area (Å²) < 4.78 is 16.4. The number of nitrogens with zero attached hydrogens (tertiary/aromatic N) is 2. The van der Waals surface area contributed by atoms with Gasteiger partial charge in [0.25, 0.3) is 5.22 Å². The van der Waals surface area contributed by atoms with Gasteiger partial charge in [0.1, 0.15) is 0 Å². The van der Waals surface area contributed by atoms with Crippen LogP contribution in [0.4, 0.5) is 5.69 Å². The molecule has 2 heterocycles. The van der Waals surface area contributed by atoms with E-state index in [0.717, 1.165) is 21.0 Å². The summed E-state index contributed by atoms with van der Waals surface area (Å²) in [5.41, 5.74) is 1.49. The predicted molar refractivity (Wildman–Crippen MR) is 122 cm³/mol. The van der Waals surface area contributed by atoms with Gasteiger partial charge in [-0.2, -0.15) is 0 Å². The summed E-state index contributed by atoms with van der Waals surface area (Å²) in [6.45, 7) is 0.200. The van der Waals surface area contributed by atoms with Gasteiger partial charge in [-0.15, -0.1) is 10.2 Å². The Labute approximate surface area is 192 Å². The van der Waals surface area contributed by atoms with Crippen LogP contribution in [0.3, 0.4) is 0 Å². The first-order valence-corrected chi connectivity index (χ1v) is 11.5. The average Bonchev–Trinajstić information content (AvgIpc) is 3.49. The van der Waals surface area contributed by atoms with Gasteiger partial charge in [-0.25, -0.2) is 0 Å². The van der Waals surface area contributed by atoms with E-state index in [0.29, 0.717) is 22.6 Å². The molecule has 0 saturated carbocycles. The maximum atomic E-state index is 12.5. The van der Waals surface area contributed by atoms with Gasteiger partial charge in [0.15, 0.2) is 11.5 Å². The number of amides is 1. The Morgan fingerprint density at radius 2 is 1.75 bits per heavy atom. The first-order valence-electron chi connectivity index (χ1n) is 9.73. The van der Waals surface area contributed by atoms with Crippen LogP contribution in [-0.2, 0) is 4.79 Å². The normalized spacial score (nSPS) is 12.0. The molecule has 1 aliphatic heterocycles. The molecule has 1 N–H and O–H groups in total. The molecule has 32 heavy (non-hydrogen) atoms. The zero-order chi connectivity index (χ0) is 21.8. The number of ether oxygens (including phenoxy) is 2. The topological polar surface area (TPSA) is 86.5 Å². The summed E-state index contributed by atoms with van der Waals surface area (Å²) in [6.07, 6.45) is 0. The fourth-order valence-corrected chi connectivity index (χ4v) is 4.49. The zero-order valence-electron chi connectivity index (χ0n) is 16.7. The number of aromatic nitrogens is 2. The highest BCUT2D eigenvalue weighted by atomic mass is 32.2. The van der Waals surface area contributed by atoms with Crippen LogP contribution in [0.2, 0.25) is 0 Å². The fraction of sp³-hybridized carbons (Fsp3) is 0.0870. The Morgan fingerprint density at radius 1 is 0.938 bits per heavy atom. The molecule has 0 radical (unpaired) electrons. The lowest BCUT2D eigenvalue weighted by Gasteiger charge is -2.10. The number of hydrogen-bond donors (Lipinski definition) is 1. The van der Waals surface area contributed by atoms with Crippen molar-refractivity contribution in [3.63, 3.8) is 0 Å². The first kappa shape index (κ1) is 20.5. The standard InChI is InChI=1S/C23H17N3O4S2/c27-21(24-17-8-4-5-9-20(17)32-16-6-2-1-3-7-16)13-31-23-26-25-22(30-23)15-10-11-18-19(12-15)29-14-28-18/h1-12H,13-14H2,(H,24,27). The molecular weight excluding hydrogens is 446 g/mol. The molecule has 7 nitrogen and oxygen atoms in total. The van der Waals surface area contributed by atoms with Crippen LogP contribution in [0.25, 0.3) is 11.5 Å². The van der Waals surface area contributed by atoms with Gasteiger partial charge in [0.2, 0.25) is 18.6 Å². The molecule has 0 unspecified atom stereocenters. The minimum atomic E-state index is -0.154. The Balaban J connectivity index is 1.20. The molecule has 1 aliphatic rings. The molecule has 0 fully saturated rings. The minimum absolute atomic E-state index is 0.146. The van der Waals surface area contributed by atoms with Crippen LogP contribution < -0.4 is 14.8 Å². The maximum absolute atomic E-state index is 12.5. The first-order chi connectivity index (χ1) is 15.7. The fourth-order valence-electron chi connectivity index (χ4n) is 3.00. The highest BCUT2D eigenvalue weighted by Crippen LogP contribution is 2.36. The van der Waals surface area contributed by atoms with Gasteiger partial charge in [0.05, 0.1) is 11.4 Å². The molecule has 5 rings (SSSR count). The predicted octanol–water partition coefficient (Wildman–Crippen LogP) is 5.35. The van der Waals surface area contributed by atoms with Crippen molar-refractivity contribution in [1.82, 2.24) is 10.2 Å². The molecule has 0 atom stereocenters. The molecule has 1 aromatic heterocycles. The third-order valence-corrected chi connectivity index (χ3v) is 6.39. The molecule has 3 aromatic carbocycles. The Bertz CT molecular complexity index is 1250. The zero-order valence-corrected chi connectivity index (χ0v) is 18.3. The van der Waals surface area contributed by atoms with E-state index in [9.17, 15) is 4.79 Å². The van der Waals surface area contributed by atoms with Crippen molar-refractivity contribution in [2.75, 3.05) is 17.9 Å². The molecule has 0 bridgehead atoms. The minimum Gasteiger partial charge on any atom is -0.454 e. The molecule has 1 amide bonds. The number of carbonyl (C=O) groups is 1. The van der Waals surface area contributed by atoms with E-state index in [4.69, 9.17) is 13.9 Å². The quantitative estimate of drug-likeness (QED) is 0.367. The van der Waals surface area contributed by atoms with Crippen molar-refractivity contribution in [2.45, 2.75) is 15.0 Å². The van der Waals surface area contributed by atoms with E-state index in [1.54, 1.807) is 23.9 Å². The third-order valence-electron chi connectivity index (χ3n) is 4.48. The second-order valence-corrected chi connectivity index (χ2v) is 8.73. The highest BCUT2D eigenvalue weighted by Gasteiger charge is 2.17. The van der Waals surface area contributed by atoms with Crippen molar-refractivity contribution in [1.29, 1.82) is 0 Å². The number of rotatable bonds is 7. The maximum Gasteiger partial charge on any atom is 0.277 e. The van der Waals surface area contributed by atoms with Crippen molar-refractivity contribution in [3.8, 4) is 23.0 Å². The van der Waals surface area contributed by atoms with Crippen LogP contribution in [0.15, 0.2) is 92.2 Å². The van der Waals surface area contributed by atoms with E-state index in [-0.39, 0.29) is 18.5 Å². The molecule has 9 heteroatoms. The van der Waals surface area contributed by atoms with Gasteiger partial charge < -0.3 is 19.2 Å². The molecular formula is C23H17N3O4S2. The molecule has 0 aliphatic carbocycles. The van der Waals surface area contributed by atoms with E-state index in [1.807, 2.05) is 60.7 Å². The number of carbonyl (C=O) groups excluding carboxylic acids is 1. The van der Waals surface area contributed by atoms with E-state index in [1.165, 1.54) is 11.8 Å². The van der Waals surface area contributed by atoms with Crippen molar-refractivity contribution in [3.05, 3.63) is 72.8 Å². The van der Waals surface area contributed by atoms with Gasteiger partial charge in [0, 0.05) is 15.4 Å². The third kappa shape index (κ3) is 4.74. The summed E-state index contributed by atoms with van der Waals surface area (Å²) in [7, 11) is 0. The van der Waals surface area contributed by atoms with Crippen molar-refractivity contribution < 1.29 is 18.7 Å².